The van der Waals surface area contributed by atoms with E-state index in [1.807, 2.05) is 0 Å². The second-order valence-corrected chi connectivity index (χ2v) is 16.5. The second kappa shape index (κ2) is 6.45. The minimum atomic E-state index is -3.96. The zero-order valence-electron chi connectivity index (χ0n) is 5.73. The molecule has 86 valence electrons. The van der Waals surface area contributed by atoms with Crippen molar-refractivity contribution < 1.29 is 17.7 Å². The SMILES string of the molecule is O=P(OCl)(OC(Br)(Br)Br)OC(Br)(Br)Br. The summed E-state index contributed by atoms with van der Waals surface area (Å²) in [7, 11) is -3.96. The molecule has 0 saturated heterocycles. The molecule has 0 rings (SSSR count). The minimum absolute atomic E-state index is 1.27. The van der Waals surface area contributed by atoms with Crippen LogP contribution in [0.4, 0.5) is 0 Å². The van der Waals surface area contributed by atoms with Crippen LogP contribution in [-0.4, -0.2) is 4.66 Å². The third-order valence-electron chi connectivity index (χ3n) is 0.515. The maximum atomic E-state index is 11.6. The van der Waals surface area contributed by atoms with Crippen LogP contribution in [0.1, 0.15) is 0 Å². The van der Waals surface area contributed by atoms with Gasteiger partial charge in [0, 0.05) is 0 Å². The van der Waals surface area contributed by atoms with Gasteiger partial charge in [-0.05, 0) is 95.6 Å². The summed E-state index contributed by atoms with van der Waals surface area (Å²) in [4.78, 5) is 0. The van der Waals surface area contributed by atoms with Crippen LogP contribution < -0.4 is 0 Å². The largest absolute Gasteiger partial charge is 0.496 e. The topological polar surface area (TPSA) is 44.8 Å². The first kappa shape index (κ1) is 17.3. The molecule has 0 bridgehead atoms. The predicted octanol–water partition coefficient (Wildman–Crippen LogP) is 5.89. The molecule has 0 aromatic carbocycles. The monoisotopic (exact) mass is 627 g/mol. The van der Waals surface area contributed by atoms with Gasteiger partial charge in [0.1, 0.15) is 0 Å². The molecule has 0 aliphatic carbocycles. The standard InChI is InChI=1S/C2Br6ClO4P/c3-1(4,5)11-14(10,13-9)12-2(6,7)8. The Kier molecular flexibility index (Phi) is 7.96. The van der Waals surface area contributed by atoms with E-state index in [2.05, 4.69) is 99.7 Å². The molecular weight excluding hydrogens is 634 g/mol. The Morgan fingerprint density at radius 1 is 0.929 bits per heavy atom. The molecule has 0 saturated carbocycles. The number of hydrogen-bond donors (Lipinski definition) is 0. The zero-order valence-corrected chi connectivity index (χ0v) is 16.9. The summed E-state index contributed by atoms with van der Waals surface area (Å²) in [5, 5.41) is 0. The van der Waals surface area contributed by atoms with Gasteiger partial charge in [0.15, 0.2) is 0 Å². The molecule has 14 heavy (non-hydrogen) atoms. The van der Waals surface area contributed by atoms with Crippen molar-refractivity contribution in [3.05, 3.63) is 0 Å². The molecule has 0 unspecified atom stereocenters. The van der Waals surface area contributed by atoms with Gasteiger partial charge in [0.2, 0.25) is 4.66 Å². The fourth-order valence-electron chi connectivity index (χ4n) is 0.300. The number of alkyl halides is 6. The Labute approximate surface area is 136 Å². The van der Waals surface area contributed by atoms with Gasteiger partial charge in [-0.1, -0.05) is 0 Å². The molecule has 0 radical (unpaired) electrons. The lowest BCUT2D eigenvalue weighted by atomic mass is 11.7. The Morgan fingerprint density at radius 2 is 1.21 bits per heavy atom. The Bertz CT molecular complexity index is 215. The molecule has 0 aromatic heterocycles. The van der Waals surface area contributed by atoms with Gasteiger partial charge in [-0.2, -0.15) is 4.08 Å². The fourth-order valence-corrected chi connectivity index (χ4v) is 4.26. The van der Waals surface area contributed by atoms with E-state index in [0.717, 1.165) is 0 Å². The highest BCUT2D eigenvalue weighted by Gasteiger charge is 2.42. The lowest BCUT2D eigenvalue weighted by molar-refractivity contribution is 0.179. The van der Waals surface area contributed by atoms with E-state index in [1.54, 1.807) is 0 Å². The molecule has 0 heterocycles. The first-order chi connectivity index (χ1) is 5.97. The number of halogens is 7. The summed E-state index contributed by atoms with van der Waals surface area (Å²) in [6.07, 6.45) is 0. The highest BCUT2D eigenvalue weighted by atomic mass is 80.0. The first-order valence-electron chi connectivity index (χ1n) is 2.43. The highest BCUT2D eigenvalue weighted by molar-refractivity contribution is 9.39. The lowest BCUT2D eigenvalue weighted by Gasteiger charge is -2.22. The molecule has 4 nitrogen and oxygen atoms in total. The van der Waals surface area contributed by atoms with Crippen molar-refractivity contribution in [1.29, 1.82) is 0 Å². The molecule has 0 N–H and O–H groups in total. The van der Waals surface area contributed by atoms with E-state index in [4.69, 9.17) is 20.9 Å². The predicted molar refractivity (Wildman–Crippen MR) is 75.7 cm³/mol. The van der Waals surface area contributed by atoms with Gasteiger partial charge in [-0.15, -0.1) is 0 Å². The van der Waals surface area contributed by atoms with E-state index < -0.39 is 12.5 Å². The normalized spacial score (nSPS) is 14.5. The molecule has 0 amide bonds. The Morgan fingerprint density at radius 3 is 1.36 bits per heavy atom. The summed E-state index contributed by atoms with van der Waals surface area (Å²) in [5.74, 6) is 0. The van der Waals surface area contributed by atoms with Gasteiger partial charge < -0.3 is 0 Å². The summed E-state index contributed by atoms with van der Waals surface area (Å²) in [6.45, 7) is 0. The van der Waals surface area contributed by atoms with Crippen molar-refractivity contribution in [2.75, 3.05) is 0 Å². The molecule has 0 atom stereocenters. The first-order valence-corrected chi connectivity index (χ1v) is 8.95. The van der Waals surface area contributed by atoms with Crippen LogP contribution in [0.2, 0.25) is 0 Å². The van der Waals surface area contributed by atoms with E-state index in [1.165, 1.54) is 0 Å². The van der Waals surface area contributed by atoms with Crippen molar-refractivity contribution >= 4 is 115 Å². The Hall–Kier alpha value is 3.28. The van der Waals surface area contributed by atoms with Crippen molar-refractivity contribution in [3.63, 3.8) is 0 Å². The molecule has 0 fully saturated rings. The maximum Gasteiger partial charge on any atom is 0.496 e. The quantitative estimate of drug-likeness (QED) is 0.287. The lowest BCUT2D eigenvalue weighted by Crippen LogP contribution is -2.12. The van der Waals surface area contributed by atoms with Crippen molar-refractivity contribution in [2.24, 2.45) is 0 Å². The maximum absolute atomic E-state index is 11.6. The van der Waals surface area contributed by atoms with E-state index in [9.17, 15) is 4.57 Å². The number of phosphoric ester groups is 1. The molecule has 0 aromatic rings. The van der Waals surface area contributed by atoms with Crippen LogP contribution in [0, 0.1) is 0 Å². The molecular formula is C2Br6ClO4P. The molecule has 12 heteroatoms. The number of hydrogen-bond acceptors (Lipinski definition) is 4. The zero-order chi connectivity index (χ0) is 11.6. The van der Waals surface area contributed by atoms with Crippen LogP contribution in [0.15, 0.2) is 0 Å². The van der Waals surface area contributed by atoms with Gasteiger partial charge >= 0.3 is 7.82 Å². The third kappa shape index (κ3) is 9.32. The average molecular weight is 634 g/mol. The van der Waals surface area contributed by atoms with E-state index in [0.29, 0.717) is 0 Å². The summed E-state index contributed by atoms with van der Waals surface area (Å²) in [6, 6.07) is 0. The van der Waals surface area contributed by atoms with Crippen LogP contribution in [0.5, 0.6) is 0 Å². The number of rotatable bonds is 3. The molecule has 0 aliphatic rings. The Balaban J connectivity index is 4.59. The average Bonchev–Trinajstić information content (AvgIpc) is 1.78. The van der Waals surface area contributed by atoms with Crippen molar-refractivity contribution in [3.8, 4) is 0 Å². The van der Waals surface area contributed by atoms with Gasteiger partial charge in [0.25, 0.3) is 0 Å². The van der Waals surface area contributed by atoms with Crippen LogP contribution >= 0.6 is 115 Å². The fraction of sp³-hybridized carbons (Fsp3) is 1.00. The highest BCUT2D eigenvalue weighted by Crippen LogP contribution is 2.63. The summed E-state index contributed by atoms with van der Waals surface area (Å²) in [5.41, 5.74) is 0. The van der Waals surface area contributed by atoms with Crippen molar-refractivity contribution in [2.45, 2.75) is 4.66 Å². The van der Waals surface area contributed by atoms with Gasteiger partial charge in [-0.25, -0.2) is 13.6 Å². The smallest absolute Gasteiger partial charge is 0.246 e. The van der Waals surface area contributed by atoms with Crippen LogP contribution in [0.3, 0.4) is 0 Å². The molecule has 0 aliphatic heterocycles. The van der Waals surface area contributed by atoms with E-state index in [-0.39, 0.29) is 0 Å². The summed E-state index contributed by atoms with van der Waals surface area (Å²) < 4.78 is 22.8. The van der Waals surface area contributed by atoms with Gasteiger partial charge in [0.05, 0.1) is 11.9 Å². The van der Waals surface area contributed by atoms with Gasteiger partial charge in [-0.3, -0.25) is 0 Å². The third-order valence-corrected chi connectivity index (χ3v) is 4.66. The minimum Gasteiger partial charge on any atom is -0.246 e. The second-order valence-electron chi connectivity index (χ2n) is 1.59. The van der Waals surface area contributed by atoms with Crippen LogP contribution in [0.25, 0.3) is 0 Å². The van der Waals surface area contributed by atoms with Crippen molar-refractivity contribution in [1.82, 2.24) is 0 Å². The molecule has 0 spiro atoms. The summed E-state index contributed by atoms with van der Waals surface area (Å²) >= 11 is 22.6. The van der Waals surface area contributed by atoms with Crippen LogP contribution in [-0.2, 0) is 17.7 Å². The number of phosphoric acid groups is 1. The van der Waals surface area contributed by atoms with E-state index >= 15 is 0 Å².